The van der Waals surface area contributed by atoms with Crippen LogP contribution in [0.5, 0.6) is 0 Å². The number of nitrogens with zero attached hydrogens (tertiary/aromatic N) is 2. The number of hydrogen-bond donors (Lipinski definition) is 3. The molecule has 4 amide bonds. The summed E-state index contributed by atoms with van der Waals surface area (Å²) < 4.78 is 13.9. The molecule has 0 saturated carbocycles. The van der Waals surface area contributed by atoms with Crippen molar-refractivity contribution in [2.45, 2.75) is 6.54 Å². The van der Waals surface area contributed by atoms with E-state index >= 15 is 0 Å². The first-order valence-electron chi connectivity index (χ1n) is 9.72. The normalized spacial score (nSPS) is 15.9. The summed E-state index contributed by atoms with van der Waals surface area (Å²) >= 11 is 0. The van der Waals surface area contributed by atoms with E-state index in [1.165, 1.54) is 24.3 Å². The highest BCUT2D eigenvalue weighted by atomic mass is 19.1. The summed E-state index contributed by atoms with van der Waals surface area (Å²) in [7, 11) is 0. The number of carbonyl (C=O) groups is 3. The number of nitrogens with one attached hydrogen (secondary N) is 3. The van der Waals surface area contributed by atoms with Gasteiger partial charge in [0.25, 0.3) is 5.56 Å². The number of aromatic nitrogens is 2. The van der Waals surface area contributed by atoms with Gasteiger partial charge in [0.2, 0.25) is 11.8 Å². The fourth-order valence-corrected chi connectivity index (χ4v) is 3.27. The van der Waals surface area contributed by atoms with Crippen LogP contribution in [0.25, 0.3) is 11.3 Å². The average Bonchev–Trinajstić information content (AvgIpc) is 2.79. The lowest BCUT2D eigenvalue weighted by atomic mass is 10.0. The van der Waals surface area contributed by atoms with Gasteiger partial charge in [0.1, 0.15) is 11.7 Å². The molecular weight excluding hydrogens is 417 g/mol. The van der Waals surface area contributed by atoms with Crippen LogP contribution < -0.4 is 16.2 Å². The lowest BCUT2D eigenvalue weighted by Gasteiger charge is -2.30. The van der Waals surface area contributed by atoms with Crippen LogP contribution in [0.4, 0.5) is 14.9 Å². The molecule has 10 heteroatoms. The van der Waals surface area contributed by atoms with Gasteiger partial charge in [-0.15, -0.1) is 0 Å². The maximum absolute atomic E-state index is 13.9. The molecule has 0 aliphatic carbocycles. The number of halogens is 1. The number of imide groups is 1. The zero-order valence-corrected chi connectivity index (χ0v) is 16.7. The van der Waals surface area contributed by atoms with E-state index in [1.54, 1.807) is 36.4 Å². The van der Waals surface area contributed by atoms with Crippen molar-refractivity contribution >= 4 is 23.5 Å². The summed E-state index contributed by atoms with van der Waals surface area (Å²) in [5, 5.41) is 11.4. The summed E-state index contributed by atoms with van der Waals surface area (Å²) in [5.41, 5.74) is 1.57. The molecular formula is C22H18FN5O4. The molecule has 1 aliphatic heterocycles. The van der Waals surface area contributed by atoms with E-state index in [9.17, 15) is 23.6 Å². The van der Waals surface area contributed by atoms with E-state index in [1.807, 2.05) is 0 Å². The second-order valence-electron chi connectivity index (χ2n) is 7.13. The first-order chi connectivity index (χ1) is 15.4. The highest BCUT2D eigenvalue weighted by Crippen LogP contribution is 2.20. The van der Waals surface area contributed by atoms with Crippen molar-refractivity contribution in [3.05, 3.63) is 82.4 Å². The van der Waals surface area contributed by atoms with Crippen molar-refractivity contribution in [2.75, 3.05) is 11.9 Å². The van der Waals surface area contributed by atoms with Gasteiger partial charge in [-0.25, -0.2) is 14.3 Å². The molecule has 1 saturated heterocycles. The Kier molecular flexibility index (Phi) is 5.75. The fourth-order valence-electron chi connectivity index (χ4n) is 3.27. The van der Waals surface area contributed by atoms with Crippen LogP contribution in [-0.4, -0.2) is 39.5 Å². The minimum Gasteiger partial charge on any atom is -0.336 e. The van der Waals surface area contributed by atoms with Crippen molar-refractivity contribution in [1.29, 1.82) is 0 Å². The van der Waals surface area contributed by atoms with Crippen LogP contribution in [0, 0.1) is 11.7 Å². The average molecular weight is 435 g/mol. The molecule has 1 unspecified atom stereocenters. The number of carbonyl (C=O) groups excluding carboxylic acids is 3. The van der Waals surface area contributed by atoms with Gasteiger partial charge >= 0.3 is 6.03 Å². The highest BCUT2D eigenvalue weighted by molar-refractivity contribution is 6.12. The topological polar surface area (TPSA) is 124 Å². The predicted molar refractivity (Wildman–Crippen MR) is 113 cm³/mol. The zero-order valence-electron chi connectivity index (χ0n) is 16.7. The van der Waals surface area contributed by atoms with Crippen LogP contribution in [0.3, 0.4) is 0 Å². The van der Waals surface area contributed by atoms with E-state index in [4.69, 9.17) is 0 Å². The van der Waals surface area contributed by atoms with E-state index in [2.05, 4.69) is 20.8 Å². The van der Waals surface area contributed by atoms with Crippen LogP contribution in [0.2, 0.25) is 0 Å². The van der Waals surface area contributed by atoms with Crippen molar-refractivity contribution < 1.29 is 18.8 Å². The largest absolute Gasteiger partial charge is 0.336 e. The van der Waals surface area contributed by atoms with Crippen LogP contribution in [0.15, 0.2) is 65.5 Å². The molecule has 162 valence electrons. The summed E-state index contributed by atoms with van der Waals surface area (Å²) in [6.07, 6.45) is 0. The fraction of sp³-hybridized carbons (Fsp3) is 0.136. The Hall–Kier alpha value is -4.34. The van der Waals surface area contributed by atoms with Gasteiger partial charge in [0.05, 0.1) is 12.2 Å². The molecule has 3 aromatic rings. The SMILES string of the molecule is O=C(Nc1ccc(-c2ccc(=O)[nH]n2)cc1)C1CNC(=O)N(Cc2ccccc2F)C1=O. The maximum Gasteiger partial charge on any atom is 0.324 e. The van der Waals surface area contributed by atoms with Crippen molar-refractivity contribution in [3.8, 4) is 11.3 Å². The second-order valence-corrected chi connectivity index (χ2v) is 7.13. The van der Waals surface area contributed by atoms with Crippen molar-refractivity contribution in [1.82, 2.24) is 20.4 Å². The third kappa shape index (κ3) is 4.38. The number of aromatic amines is 1. The van der Waals surface area contributed by atoms with Gasteiger partial charge in [-0.3, -0.25) is 19.3 Å². The second kappa shape index (κ2) is 8.80. The highest BCUT2D eigenvalue weighted by Gasteiger charge is 2.38. The number of anilines is 1. The number of amides is 4. The molecule has 2 heterocycles. The van der Waals surface area contributed by atoms with E-state index in [-0.39, 0.29) is 24.2 Å². The third-order valence-corrected chi connectivity index (χ3v) is 5.00. The molecule has 1 aliphatic rings. The van der Waals surface area contributed by atoms with E-state index in [0.29, 0.717) is 11.4 Å². The molecule has 0 bridgehead atoms. The lowest BCUT2D eigenvalue weighted by molar-refractivity contribution is -0.139. The monoisotopic (exact) mass is 435 g/mol. The van der Waals surface area contributed by atoms with Gasteiger partial charge < -0.3 is 10.6 Å². The van der Waals surface area contributed by atoms with Gasteiger partial charge in [-0.05, 0) is 24.3 Å². The van der Waals surface area contributed by atoms with Gasteiger partial charge in [-0.1, -0.05) is 30.3 Å². The minimum absolute atomic E-state index is 0.156. The Morgan fingerprint density at radius 2 is 1.81 bits per heavy atom. The van der Waals surface area contributed by atoms with E-state index in [0.717, 1.165) is 10.5 Å². The standard InChI is InChI=1S/C22H18FN5O4/c23-17-4-2-1-3-14(17)12-28-21(31)16(11-24-22(28)32)20(30)25-15-7-5-13(6-8-15)18-9-10-19(29)27-26-18/h1-10,16H,11-12H2,(H,24,32)(H,25,30)(H,27,29). The van der Waals surface area contributed by atoms with Crippen LogP contribution in [-0.2, 0) is 16.1 Å². The number of hydrogen-bond acceptors (Lipinski definition) is 5. The molecule has 2 aromatic carbocycles. The zero-order chi connectivity index (χ0) is 22.7. The number of H-pyrrole nitrogens is 1. The first-order valence-corrected chi connectivity index (χ1v) is 9.72. The minimum atomic E-state index is -1.15. The summed E-state index contributed by atoms with van der Waals surface area (Å²) in [6.45, 7) is -0.432. The number of rotatable bonds is 5. The molecule has 1 aromatic heterocycles. The summed E-state index contributed by atoms with van der Waals surface area (Å²) in [4.78, 5) is 49.6. The maximum atomic E-state index is 13.9. The Labute approximate surface area is 181 Å². The molecule has 3 N–H and O–H groups in total. The predicted octanol–water partition coefficient (Wildman–Crippen LogP) is 1.88. The molecule has 1 atom stereocenters. The smallest absolute Gasteiger partial charge is 0.324 e. The van der Waals surface area contributed by atoms with Crippen LogP contribution >= 0.6 is 0 Å². The molecule has 4 rings (SSSR count). The van der Waals surface area contributed by atoms with Gasteiger partial charge in [0.15, 0.2) is 0 Å². The first kappa shape index (κ1) is 20.9. The Morgan fingerprint density at radius 3 is 2.50 bits per heavy atom. The quantitative estimate of drug-likeness (QED) is 0.528. The summed E-state index contributed by atoms with van der Waals surface area (Å²) in [5.74, 6) is -3.00. The van der Waals surface area contributed by atoms with Gasteiger partial charge in [0, 0.05) is 29.4 Å². The Morgan fingerprint density at radius 1 is 1.06 bits per heavy atom. The van der Waals surface area contributed by atoms with E-state index < -0.39 is 29.6 Å². The number of benzene rings is 2. The Bertz CT molecular complexity index is 1220. The third-order valence-electron chi connectivity index (χ3n) is 5.00. The van der Waals surface area contributed by atoms with Crippen LogP contribution in [0.1, 0.15) is 5.56 Å². The van der Waals surface area contributed by atoms with Gasteiger partial charge in [-0.2, -0.15) is 5.10 Å². The molecule has 0 spiro atoms. The van der Waals surface area contributed by atoms with Crippen molar-refractivity contribution in [2.24, 2.45) is 5.92 Å². The molecule has 0 radical (unpaired) electrons. The Balaban J connectivity index is 1.45. The van der Waals surface area contributed by atoms with Crippen molar-refractivity contribution in [3.63, 3.8) is 0 Å². The lowest BCUT2D eigenvalue weighted by Crippen LogP contribution is -2.57. The molecule has 9 nitrogen and oxygen atoms in total. The summed E-state index contributed by atoms with van der Waals surface area (Å²) in [6, 6.07) is 14.7. The number of urea groups is 1. The molecule has 1 fully saturated rings. The molecule has 32 heavy (non-hydrogen) atoms.